The molecule has 0 bridgehead atoms. The van der Waals surface area contributed by atoms with E-state index in [0.29, 0.717) is 17.8 Å². The third kappa shape index (κ3) is 6.22. The van der Waals surface area contributed by atoms with Gasteiger partial charge >= 0.3 is 6.03 Å². The van der Waals surface area contributed by atoms with Gasteiger partial charge in [-0.2, -0.15) is 0 Å². The lowest BCUT2D eigenvalue weighted by atomic mass is 10.1. The van der Waals surface area contributed by atoms with Crippen LogP contribution in [0.3, 0.4) is 0 Å². The van der Waals surface area contributed by atoms with Crippen molar-refractivity contribution in [3.63, 3.8) is 0 Å². The molecule has 2 heterocycles. The zero-order valence-electron chi connectivity index (χ0n) is 21.6. The van der Waals surface area contributed by atoms with Crippen LogP contribution in [0.25, 0.3) is 0 Å². The summed E-state index contributed by atoms with van der Waals surface area (Å²) >= 11 is 0. The van der Waals surface area contributed by atoms with Crippen LogP contribution < -0.4 is 25.2 Å². The van der Waals surface area contributed by atoms with Gasteiger partial charge in [-0.1, -0.05) is 25.5 Å². The summed E-state index contributed by atoms with van der Waals surface area (Å²) in [6.45, 7) is 7.55. The second-order valence-electron chi connectivity index (χ2n) is 9.47. The number of ether oxygens (including phenoxy) is 1. The molecule has 2 aliphatic rings. The molecule has 2 N–H and O–H groups in total. The SMILES string of the molecule is CCCCNC(=O)Nc1ccc(N2CCN(c3ccccc3OC)CC2)c(C(=O)N2CCCCC2)c1. The molecular weight excluding hydrogens is 454 g/mol. The van der Waals surface area contributed by atoms with Crippen LogP contribution in [0.15, 0.2) is 42.5 Å². The minimum atomic E-state index is -0.238. The van der Waals surface area contributed by atoms with Crippen LogP contribution in [0.2, 0.25) is 0 Å². The number of likely N-dealkylation sites (tertiary alicyclic amines) is 1. The van der Waals surface area contributed by atoms with Crippen molar-refractivity contribution < 1.29 is 14.3 Å². The lowest BCUT2D eigenvalue weighted by Gasteiger charge is -2.39. The van der Waals surface area contributed by atoms with Gasteiger partial charge < -0.3 is 30.1 Å². The van der Waals surface area contributed by atoms with Gasteiger partial charge in [0.1, 0.15) is 5.75 Å². The highest BCUT2D eigenvalue weighted by Gasteiger charge is 2.26. The van der Waals surface area contributed by atoms with Gasteiger partial charge in [0, 0.05) is 57.2 Å². The molecule has 0 radical (unpaired) electrons. The highest BCUT2D eigenvalue weighted by molar-refractivity contribution is 6.02. The number of benzene rings is 2. The molecule has 8 nitrogen and oxygen atoms in total. The molecule has 0 atom stereocenters. The van der Waals surface area contributed by atoms with E-state index in [4.69, 9.17) is 4.74 Å². The van der Waals surface area contributed by atoms with Crippen molar-refractivity contribution in [3.8, 4) is 5.75 Å². The predicted octanol–water partition coefficient (Wildman–Crippen LogP) is 4.57. The molecule has 2 aromatic carbocycles. The Morgan fingerprint density at radius 2 is 1.58 bits per heavy atom. The number of rotatable bonds is 8. The van der Waals surface area contributed by atoms with Crippen LogP contribution in [0.5, 0.6) is 5.75 Å². The Hall–Kier alpha value is -3.42. The van der Waals surface area contributed by atoms with Gasteiger partial charge in [-0.3, -0.25) is 4.79 Å². The van der Waals surface area contributed by atoms with E-state index in [1.165, 1.54) is 6.42 Å². The normalized spacial score (nSPS) is 16.0. The van der Waals surface area contributed by atoms with Crippen LogP contribution >= 0.6 is 0 Å². The fourth-order valence-electron chi connectivity index (χ4n) is 4.96. The maximum Gasteiger partial charge on any atom is 0.319 e. The van der Waals surface area contributed by atoms with E-state index in [1.807, 2.05) is 41.3 Å². The smallest absolute Gasteiger partial charge is 0.319 e. The minimum Gasteiger partial charge on any atom is -0.495 e. The molecule has 0 spiro atoms. The number of anilines is 3. The van der Waals surface area contributed by atoms with Crippen LogP contribution in [0, 0.1) is 0 Å². The molecule has 0 saturated carbocycles. The first-order valence-electron chi connectivity index (χ1n) is 13.2. The van der Waals surface area contributed by atoms with Gasteiger partial charge in [-0.05, 0) is 56.0 Å². The Labute approximate surface area is 214 Å². The van der Waals surface area contributed by atoms with Crippen molar-refractivity contribution in [2.45, 2.75) is 39.0 Å². The summed E-state index contributed by atoms with van der Waals surface area (Å²) in [7, 11) is 1.70. The van der Waals surface area contributed by atoms with Crippen molar-refractivity contribution >= 4 is 29.0 Å². The number of nitrogens with one attached hydrogen (secondary N) is 2. The van der Waals surface area contributed by atoms with Gasteiger partial charge in [-0.25, -0.2) is 4.79 Å². The first-order valence-corrected chi connectivity index (χ1v) is 13.2. The number of para-hydroxylation sites is 2. The molecule has 8 heteroatoms. The van der Waals surface area contributed by atoms with Crippen molar-refractivity contribution in [2.24, 2.45) is 0 Å². The summed E-state index contributed by atoms with van der Waals surface area (Å²) in [5.41, 5.74) is 3.33. The van der Waals surface area contributed by atoms with E-state index in [1.54, 1.807) is 7.11 Å². The average molecular weight is 494 g/mol. The third-order valence-electron chi connectivity index (χ3n) is 6.99. The number of piperazine rings is 1. The molecule has 2 aliphatic heterocycles. The summed E-state index contributed by atoms with van der Waals surface area (Å²) < 4.78 is 5.56. The van der Waals surface area contributed by atoms with E-state index >= 15 is 0 Å². The molecule has 2 saturated heterocycles. The molecule has 4 rings (SSSR count). The minimum absolute atomic E-state index is 0.0481. The van der Waals surface area contributed by atoms with Crippen LogP contribution in [0.1, 0.15) is 49.4 Å². The standard InChI is InChI=1S/C28H39N5O3/c1-3-4-14-29-28(35)30-22-12-13-24(23(21-22)27(34)33-15-8-5-9-16-33)31-17-19-32(20-18-31)25-10-6-7-11-26(25)36-2/h6-7,10-13,21H,3-5,8-9,14-20H2,1-2H3,(H2,29,30,35). The lowest BCUT2D eigenvalue weighted by molar-refractivity contribution is 0.0725. The van der Waals surface area contributed by atoms with E-state index in [2.05, 4.69) is 33.4 Å². The topological polar surface area (TPSA) is 77.1 Å². The molecule has 0 unspecified atom stereocenters. The maximum atomic E-state index is 13.6. The van der Waals surface area contributed by atoms with Crippen molar-refractivity contribution in [3.05, 3.63) is 48.0 Å². The number of carbonyl (C=O) groups excluding carboxylic acids is 2. The highest BCUT2D eigenvalue weighted by Crippen LogP contribution is 2.31. The van der Waals surface area contributed by atoms with Gasteiger partial charge in [0.25, 0.3) is 5.91 Å². The molecule has 3 amide bonds. The van der Waals surface area contributed by atoms with Crippen molar-refractivity contribution in [1.29, 1.82) is 0 Å². The zero-order valence-corrected chi connectivity index (χ0v) is 21.6. The number of unbranched alkanes of at least 4 members (excludes halogenated alkanes) is 1. The number of methoxy groups -OCH3 is 1. The van der Waals surface area contributed by atoms with Gasteiger partial charge in [0.15, 0.2) is 0 Å². The highest BCUT2D eigenvalue weighted by atomic mass is 16.5. The Morgan fingerprint density at radius 3 is 2.28 bits per heavy atom. The number of piperidine rings is 1. The summed E-state index contributed by atoms with van der Waals surface area (Å²) in [5, 5.41) is 5.79. The van der Waals surface area contributed by atoms with Crippen molar-refractivity contribution in [2.75, 3.05) is 68.0 Å². The molecule has 2 aromatic rings. The Kier molecular flexibility index (Phi) is 8.92. The van der Waals surface area contributed by atoms with Crippen molar-refractivity contribution in [1.82, 2.24) is 10.2 Å². The second-order valence-corrected chi connectivity index (χ2v) is 9.47. The van der Waals surface area contributed by atoms with E-state index < -0.39 is 0 Å². The molecular formula is C28H39N5O3. The van der Waals surface area contributed by atoms with E-state index in [-0.39, 0.29) is 11.9 Å². The van der Waals surface area contributed by atoms with Gasteiger partial charge in [-0.15, -0.1) is 0 Å². The number of hydrogen-bond acceptors (Lipinski definition) is 5. The van der Waals surface area contributed by atoms with Crippen LogP contribution in [-0.4, -0.2) is 69.8 Å². The molecule has 2 fully saturated rings. The average Bonchev–Trinajstić information content (AvgIpc) is 2.93. The van der Waals surface area contributed by atoms with Crippen LogP contribution in [-0.2, 0) is 0 Å². The van der Waals surface area contributed by atoms with Gasteiger partial charge in [0.05, 0.1) is 18.4 Å². The summed E-state index contributed by atoms with van der Waals surface area (Å²) in [5.74, 6) is 0.923. The summed E-state index contributed by atoms with van der Waals surface area (Å²) in [6.07, 6.45) is 5.20. The first-order chi connectivity index (χ1) is 17.6. The summed E-state index contributed by atoms with van der Waals surface area (Å²) in [4.78, 5) is 32.5. The quantitative estimate of drug-likeness (QED) is 0.527. The molecule has 0 aliphatic carbocycles. The zero-order chi connectivity index (χ0) is 25.3. The Balaban J connectivity index is 1.52. The lowest BCUT2D eigenvalue weighted by Crippen LogP contribution is -2.47. The predicted molar refractivity (Wildman–Crippen MR) is 146 cm³/mol. The largest absolute Gasteiger partial charge is 0.495 e. The van der Waals surface area contributed by atoms with Crippen LogP contribution in [0.4, 0.5) is 21.9 Å². The first kappa shape index (κ1) is 25.7. The Bertz CT molecular complexity index is 1030. The summed E-state index contributed by atoms with van der Waals surface area (Å²) in [6, 6.07) is 13.6. The fraction of sp³-hybridized carbons (Fsp3) is 0.500. The van der Waals surface area contributed by atoms with E-state index in [0.717, 1.165) is 82.1 Å². The fourth-order valence-corrected chi connectivity index (χ4v) is 4.96. The second kappa shape index (κ2) is 12.5. The molecule has 0 aromatic heterocycles. The number of urea groups is 1. The van der Waals surface area contributed by atoms with E-state index in [9.17, 15) is 9.59 Å². The number of amides is 3. The number of hydrogen-bond donors (Lipinski definition) is 2. The number of nitrogens with zero attached hydrogens (tertiary/aromatic N) is 3. The maximum absolute atomic E-state index is 13.6. The third-order valence-corrected chi connectivity index (χ3v) is 6.99. The Morgan fingerprint density at radius 1 is 0.889 bits per heavy atom. The number of carbonyl (C=O) groups is 2. The molecule has 194 valence electrons. The van der Waals surface area contributed by atoms with Gasteiger partial charge in [0.2, 0.25) is 0 Å². The molecule has 36 heavy (non-hydrogen) atoms. The monoisotopic (exact) mass is 493 g/mol.